The Labute approximate surface area is 160 Å². The topological polar surface area (TPSA) is 67.4 Å². The van der Waals surface area contributed by atoms with E-state index in [0.29, 0.717) is 0 Å². The second kappa shape index (κ2) is 8.05. The number of hydrogen-bond donors (Lipinski definition) is 2. The molecule has 3 aromatic carbocycles. The Morgan fingerprint density at radius 1 is 1.00 bits per heavy atom. The summed E-state index contributed by atoms with van der Waals surface area (Å²) in [6.45, 7) is 0.184. The maximum atomic E-state index is 13.4. The number of anilines is 1. The zero-order chi connectivity index (χ0) is 19.4. The highest BCUT2D eigenvalue weighted by Crippen LogP contribution is 2.22. The Balaban J connectivity index is 1.61. The maximum absolute atomic E-state index is 13.4. The third-order valence-electron chi connectivity index (χ3n) is 3.95. The van der Waals surface area contributed by atoms with Crippen LogP contribution in [0.5, 0.6) is 5.75 Å². The third-order valence-corrected chi connectivity index (χ3v) is 4.26. The molecule has 0 spiro atoms. The Hall–Kier alpha value is -3.12. The van der Waals surface area contributed by atoms with Gasteiger partial charge in [-0.05, 0) is 52.7 Å². The highest BCUT2D eigenvalue weighted by molar-refractivity contribution is 6.39. The van der Waals surface area contributed by atoms with Crippen LogP contribution in [0.15, 0.2) is 54.6 Å². The van der Waals surface area contributed by atoms with Gasteiger partial charge in [0.25, 0.3) is 0 Å². The Bertz CT molecular complexity index is 1020. The Kier molecular flexibility index (Phi) is 5.57. The third kappa shape index (κ3) is 4.54. The van der Waals surface area contributed by atoms with E-state index in [4.69, 9.17) is 16.3 Å². The van der Waals surface area contributed by atoms with Crippen LogP contribution in [0.1, 0.15) is 5.56 Å². The molecule has 0 saturated heterocycles. The molecule has 0 aromatic heterocycles. The molecule has 0 unspecified atom stereocenters. The van der Waals surface area contributed by atoms with Crippen molar-refractivity contribution in [2.45, 2.75) is 6.54 Å². The molecule has 0 aliphatic carbocycles. The van der Waals surface area contributed by atoms with E-state index in [1.807, 2.05) is 36.4 Å². The molecule has 0 atom stereocenters. The summed E-state index contributed by atoms with van der Waals surface area (Å²) in [5, 5.41) is 6.79. The number of rotatable bonds is 4. The first-order chi connectivity index (χ1) is 13.0. The zero-order valence-electron chi connectivity index (χ0n) is 14.4. The van der Waals surface area contributed by atoms with Crippen molar-refractivity contribution in [2.24, 2.45) is 0 Å². The molecule has 5 nitrogen and oxygen atoms in total. The molecule has 0 aliphatic heterocycles. The molecule has 0 bridgehead atoms. The fourth-order valence-electron chi connectivity index (χ4n) is 2.53. The van der Waals surface area contributed by atoms with Crippen molar-refractivity contribution in [2.75, 3.05) is 12.4 Å². The van der Waals surface area contributed by atoms with Crippen molar-refractivity contribution in [3.8, 4) is 5.75 Å². The molecule has 3 rings (SSSR count). The molecule has 2 amide bonds. The van der Waals surface area contributed by atoms with Gasteiger partial charge in [0, 0.05) is 12.2 Å². The van der Waals surface area contributed by atoms with Crippen molar-refractivity contribution >= 4 is 39.9 Å². The van der Waals surface area contributed by atoms with Crippen LogP contribution in [0.4, 0.5) is 10.1 Å². The molecule has 27 heavy (non-hydrogen) atoms. The van der Waals surface area contributed by atoms with Crippen molar-refractivity contribution in [3.63, 3.8) is 0 Å². The lowest BCUT2D eigenvalue weighted by Crippen LogP contribution is -2.34. The number of methoxy groups -OCH3 is 1. The molecule has 7 heteroatoms. The van der Waals surface area contributed by atoms with Crippen LogP contribution in [0.2, 0.25) is 5.02 Å². The first kappa shape index (κ1) is 18.7. The summed E-state index contributed by atoms with van der Waals surface area (Å²) in [6.07, 6.45) is 0. The van der Waals surface area contributed by atoms with Crippen LogP contribution in [-0.2, 0) is 16.1 Å². The summed E-state index contributed by atoms with van der Waals surface area (Å²) in [5.74, 6) is -1.62. The largest absolute Gasteiger partial charge is 0.497 e. The van der Waals surface area contributed by atoms with Gasteiger partial charge in [0.05, 0.1) is 12.1 Å². The summed E-state index contributed by atoms with van der Waals surface area (Å²) < 4.78 is 18.6. The normalized spacial score (nSPS) is 10.5. The van der Waals surface area contributed by atoms with Gasteiger partial charge in [0.2, 0.25) is 0 Å². The number of benzene rings is 3. The standard InChI is InChI=1S/C20H16ClFN2O3/c1-27-16-6-4-13-8-12(2-3-14(13)9-16)11-23-19(25)20(26)24-15-5-7-17(21)18(22)10-15/h2-10H,11H2,1H3,(H,23,25)(H,24,26). The van der Waals surface area contributed by atoms with Gasteiger partial charge < -0.3 is 15.4 Å². The van der Waals surface area contributed by atoms with Crippen molar-refractivity contribution in [1.29, 1.82) is 0 Å². The van der Waals surface area contributed by atoms with Gasteiger partial charge in [-0.2, -0.15) is 0 Å². The van der Waals surface area contributed by atoms with Gasteiger partial charge in [0.1, 0.15) is 11.6 Å². The summed E-state index contributed by atoms with van der Waals surface area (Å²) in [5.41, 5.74) is 0.989. The zero-order valence-corrected chi connectivity index (χ0v) is 15.1. The predicted molar refractivity (Wildman–Crippen MR) is 102 cm³/mol. The monoisotopic (exact) mass is 386 g/mol. The van der Waals surface area contributed by atoms with Crippen LogP contribution < -0.4 is 15.4 Å². The number of amides is 2. The predicted octanol–water partition coefficient (Wildman–Crippen LogP) is 3.90. The van der Waals surface area contributed by atoms with Crippen LogP contribution in [0.25, 0.3) is 10.8 Å². The number of carbonyl (C=O) groups excluding carboxylic acids is 2. The van der Waals surface area contributed by atoms with Crippen LogP contribution in [-0.4, -0.2) is 18.9 Å². The number of hydrogen-bond acceptors (Lipinski definition) is 3. The summed E-state index contributed by atoms with van der Waals surface area (Å²) in [6, 6.07) is 15.1. The van der Waals surface area contributed by atoms with Crippen LogP contribution >= 0.6 is 11.6 Å². The highest BCUT2D eigenvalue weighted by Gasteiger charge is 2.14. The van der Waals surface area contributed by atoms with Crippen LogP contribution in [0, 0.1) is 5.82 Å². The van der Waals surface area contributed by atoms with E-state index in [0.717, 1.165) is 28.2 Å². The van der Waals surface area contributed by atoms with Crippen molar-refractivity contribution in [1.82, 2.24) is 5.32 Å². The summed E-state index contributed by atoms with van der Waals surface area (Å²) >= 11 is 5.58. The van der Waals surface area contributed by atoms with Gasteiger partial charge in [-0.1, -0.05) is 29.8 Å². The second-order valence-electron chi connectivity index (χ2n) is 5.81. The molecule has 3 aromatic rings. The van der Waals surface area contributed by atoms with E-state index in [2.05, 4.69) is 10.6 Å². The molecule has 0 heterocycles. The number of carbonyl (C=O) groups is 2. The van der Waals surface area contributed by atoms with E-state index >= 15 is 0 Å². The minimum absolute atomic E-state index is 0.0635. The number of nitrogens with one attached hydrogen (secondary N) is 2. The fourth-order valence-corrected chi connectivity index (χ4v) is 2.65. The van der Waals surface area contributed by atoms with Gasteiger partial charge in [-0.25, -0.2) is 4.39 Å². The molecule has 0 fully saturated rings. The Morgan fingerprint density at radius 3 is 2.48 bits per heavy atom. The number of halogens is 2. The molecular formula is C20H16ClFN2O3. The first-order valence-corrected chi connectivity index (χ1v) is 8.45. The van der Waals surface area contributed by atoms with Crippen molar-refractivity contribution < 1.29 is 18.7 Å². The smallest absolute Gasteiger partial charge is 0.313 e. The van der Waals surface area contributed by atoms with E-state index in [1.165, 1.54) is 12.1 Å². The number of fused-ring (bicyclic) bond motifs is 1. The molecule has 138 valence electrons. The molecule has 2 N–H and O–H groups in total. The van der Waals surface area contributed by atoms with Gasteiger partial charge >= 0.3 is 11.8 Å². The second-order valence-corrected chi connectivity index (χ2v) is 6.22. The lowest BCUT2D eigenvalue weighted by molar-refractivity contribution is -0.136. The van der Waals surface area contributed by atoms with E-state index < -0.39 is 17.6 Å². The lowest BCUT2D eigenvalue weighted by atomic mass is 10.1. The quantitative estimate of drug-likeness (QED) is 0.668. The molecule has 0 saturated carbocycles. The van der Waals surface area contributed by atoms with Gasteiger partial charge in [0.15, 0.2) is 0 Å². The van der Waals surface area contributed by atoms with E-state index in [-0.39, 0.29) is 17.3 Å². The minimum Gasteiger partial charge on any atom is -0.497 e. The first-order valence-electron chi connectivity index (χ1n) is 8.07. The van der Waals surface area contributed by atoms with Gasteiger partial charge in [-0.3, -0.25) is 9.59 Å². The lowest BCUT2D eigenvalue weighted by Gasteiger charge is -2.08. The molecular weight excluding hydrogens is 371 g/mol. The average molecular weight is 387 g/mol. The SMILES string of the molecule is COc1ccc2cc(CNC(=O)C(=O)Nc3ccc(Cl)c(F)c3)ccc2c1. The Morgan fingerprint density at radius 2 is 1.74 bits per heavy atom. The summed E-state index contributed by atoms with van der Waals surface area (Å²) in [4.78, 5) is 23.9. The molecule has 0 radical (unpaired) electrons. The van der Waals surface area contributed by atoms with Crippen LogP contribution in [0.3, 0.4) is 0 Å². The van der Waals surface area contributed by atoms with Gasteiger partial charge in [-0.15, -0.1) is 0 Å². The minimum atomic E-state index is -0.887. The van der Waals surface area contributed by atoms with E-state index in [9.17, 15) is 14.0 Å². The number of ether oxygens (including phenoxy) is 1. The molecule has 0 aliphatic rings. The highest BCUT2D eigenvalue weighted by atomic mass is 35.5. The summed E-state index contributed by atoms with van der Waals surface area (Å²) in [7, 11) is 1.61. The van der Waals surface area contributed by atoms with E-state index in [1.54, 1.807) is 7.11 Å². The van der Waals surface area contributed by atoms with Crippen molar-refractivity contribution in [3.05, 3.63) is 71.0 Å². The fraction of sp³-hybridized carbons (Fsp3) is 0.100. The average Bonchev–Trinajstić information content (AvgIpc) is 2.68. The maximum Gasteiger partial charge on any atom is 0.313 e.